The first kappa shape index (κ1) is 14.5. The van der Waals surface area contributed by atoms with Gasteiger partial charge in [0.2, 0.25) is 0 Å². The zero-order valence-electron chi connectivity index (χ0n) is 9.14. The fourth-order valence-corrected chi connectivity index (χ4v) is 1.78. The smallest absolute Gasteiger partial charge is 0.417 e. The van der Waals surface area contributed by atoms with Gasteiger partial charge < -0.3 is 4.74 Å². The van der Waals surface area contributed by atoms with Gasteiger partial charge in [-0.3, -0.25) is 0 Å². The van der Waals surface area contributed by atoms with Crippen molar-refractivity contribution in [1.29, 1.82) is 5.26 Å². The van der Waals surface area contributed by atoms with E-state index in [2.05, 4.69) is 20.7 Å². The zero-order chi connectivity index (χ0) is 13.9. The summed E-state index contributed by atoms with van der Waals surface area (Å²) < 4.78 is 42.8. The van der Waals surface area contributed by atoms with Crippen LogP contribution in [0.1, 0.15) is 28.4 Å². The largest absolute Gasteiger partial charge is 0.462 e. The number of benzene rings is 1. The molecule has 1 rings (SSSR count). The predicted octanol–water partition coefficient (Wildman–Crippen LogP) is 3.52. The van der Waals surface area contributed by atoms with Crippen LogP contribution in [0.3, 0.4) is 0 Å². The molecular formula is C11H7BrF3NO2. The molecule has 0 saturated carbocycles. The summed E-state index contributed by atoms with van der Waals surface area (Å²) >= 11 is 2.87. The van der Waals surface area contributed by atoms with Crippen LogP contribution in [0.25, 0.3) is 0 Å². The van der Waals surface area contributed by atoms with Gasteiger partial charge in [-0.2, -0.15) is 18.4 Å². The fraction of sp³-hybridized carbons (Fsp3) is 0.273. The molecule has 0 fully saturated rings. The first-order valence-corrected chi connectivity index (χ1v) is 5.58. The van der Waals surface area contributed by atoms with E-state index in [-0.39, 0.29) is 11.1 Å². The van der Waals surface area contributed by atoms with Crippen molar-refractivity contribution in [2.24, 2.45) is 0 Å². The maximum Gasteiger partial charge on any atom is 0.417 e. The summed E-state index contributed by atoms with van der Waals surface area (Å²) in [6.07, 6.45) is -4.71. The van der Waals surface area contributed by atoms with Crippen molar-refractivity contribution >= 4 is 21.9 Å². The number of carbonyl (C=O) groups is 1. The molecule has 0 spiro atoms. The van der Waals surface area contributed by atoms with E-state index in [4.69, 9.17) is 5.26 Å². The molecule has 0 aliphatic rings. The quantitative estimate of drug-likeness (QED) is 0.783. The maximum atomic E-state index is 12.7. The molecule has 0 radical (unpaired) electrons. The minimum absolute atomic E-state index is 0.0115. The van der Waals surface area contributed by atoms with E-state index in [9.17, 15) is 18.0 Å². The summed E-state index contributed by atoms with van der Waals surface area (Å²) in [7, 11) is 0. The lowest BCUT2D eigenvalue weighted by atomic mass is 10.0. The fourth-order valence-electron chi connectivity index (χ4n) is 1.32. The number of alkyl halides is 3. The number of ether oxygens (including phenoxy) is 1. The molecule has 0 atom stereocenters. The Morgan fingerprint density at radius 3 is 2.56 bits per heavy atom. The lowest BCUT2D eigenvalue weighted by Crippen LogP contribution is -2.14. The van der Waals surface area contributed by atoms with Crippen LogP contribution in [-0.2, 0) is 10.9 Å². The molecule has 0 unspecified atom stereocenters. The van der Waals surface area contributed by atoms with Crippen LogP contribution in [0.2, 0.25) is 0 Å². The highest BCUT2D eigenvalue weighted by atomic mass is 79.9. The average Bonchev–Trinajstić information content (AvgIpc) is 2.27. The molecule has 0 N–H and O–H groups in total. The number of nitriles is 1. The Hall–Kier alpha value is -1.55. The highest BCUT2D eigenvalue weighted by Gasteiger charge is 2.36. The van der Waals surface area contributed by atoms with E-state index in [0.29, 0.717) is 0 Å². The van der Waals surface area contributed by atoms with E-state index in [0.717, 1.165) is 12.1 Å². The van der Waals surface area contributed by atoms with Gasteiger partial charge >= 0.3 is 12.1 Å². The van der Waals surface area contributed by atoms with Gasteiger partial charge in [-0.1, -0.05) is 15.9 Å². The molecule has 1 aromatic rings. The number of carbonyl (C=O) groups excluding carboxylic acids is 1. The van der Waals surface area contributed by atoms with Gasteiger partial charge in [-0.05, 0) is 19.1 Å². The number of hydrogen-bond donors (Lipinski definition) is 0. The summed E-state index contributed by atoms with van der Waals surface area (Å²) in [5, 5.41) is 8.80. The molecule has 0 saturated heterocycles. The molecule has 3 nitrogen and oxygen atoms in total. The Labute approximate surface area is 109 Å². The second-order valence-electron chi connectivity index (χ2n) is 3.21. The lowest BCUT2D eigenvalue weighted by Gasteiger charge is -2.12. The third-order valence-electron chi connectivity index (χ3n) is 2.02. The number of esters is 1. The summed E-state index contributed by atoms with van der Waals surface area (Å²) in [5.41, 5.74) is -2.30. The molecule has 0 aromatic heterocycles. The molecule has 96 valence electrons. The normalized spacial score (nSPS) is 10.9. The van der Waals surface area contributed by atoms with E-state index in [1.165, 1.54) is 13.0 Å². The molecule has 1 aromatic carbocycles. The summed E-state index contributed by atoms with van der Waals surface area (Å²) in [5.74, 6) is -0.958. The second-order valence-corrected chi connectivity index (χ2v) is 4.12. The Balaban J connectivity index is 3.49. The van der Waals surface area contributed by atoms with Crippen molar-refractivity contribution in [1.82, 2.24) is 0 Å². The molecule has 0 heterocycles. The van der Waals surface area contributed by atoms with Gasteiger partial charge in [0.1, 0.15) is 6.07 Å². The van der Waals surface area contributed by atoms with Crippen LogP contribution in [0.15, 0.2) is 16.6 Å². The molecular weight excluding hydrogens is 315 g/mol. The third-order valence-corrected chi connectivity index (χ3v) is 2.47. The number of halogens is 4. The van der Waals surface area contributed by atoms with Crippen LogP contribution < -0.4 is 0 Å². The monoisotopic (exact) mass is 321 g/mol. The first-order chi connectivity index (χ1) is 8.31. The molecule has 0 bridgehead atoms. The summed E-state index contributed by atoms with van der Waals surface area (Å²) in [6.45, 7) is 1.53. The topological polar surface area (TPSA) is 50.1 Å². The highest BCUT2D eigenvalue weighted by molar-refractivity contribution is 9.10. The first-order valence-electron chi connectivity index (χ1n) is 4.79. The average molecular weight is 322 g/mol. The maximum absolute atomic E-state index is 12.7. The van der Waals surface area contributed by atoms with Gasteiger partial charge in [0.15, 0.2) is 0 Å². The van der Waals surface area contributed by atoms with Gasteiger partial charge in [0.05, 0.1) is 23.3 Å². The minimum Gasteiger partial charge on any atom is -0.462 e. The molecule has 0 aliphatic heterocycles. The SMILES string of the molecule is CCOC(=O)c1cc(Br)cc(C(F)(F)F)c1C#N. The Morgan fingerprint density at radius 2 is 2.11 bits per heavy atom. The minimum atomic E-state index is -4.71. The zero-order valence-corrected chi connectivity index (χ0v) is 10.7. The molecule has 7 heteroatoms. The lowest BCUT2D eigenvalue weighted by molar-refractivity contribution is -0.137. The number of rotatable bonds is 2. The van der Waals surface area contributed by atoms with Crippen molar-refractivity contribution in [3.05, 3.63) is 33.3 Å². The van der Waals surface area contributed by atoms with Gasteiger partial charge in [-0.25, -0.2) is 4.79 Å². The van der Waals surface area contributed by atoms with Crippen molar-refractivity contribution in [2.45, 2.75) is 13.1 Å². The van der Waals surface area contributed by atoms with Crippen LogP contribution in [0, 0.1) is 11.3 Å². The molecule has 18 heavy (non-hydrogen) atoms. The van der Waals surface area contributed by atoms with Crippen molar-refractivity contribution in [2.75, 3.05) is 6.61 Å². The van der Waals surface area contributed by atoms with Crippen molar-refractivity contribution in [3.8, 4) is 6.07 Å². The van der Waals surface area contributed by atoms with Gasteiger partial charge in [0.25, 0.3) is 0 Å². The second kappa shape index (κ2) is 5.40. The summed E-state index contributed by atoms with van der Waals surface area (Å²) in [4.78, 5) is 11.5. The van der Waals surface area contributed by atoms with Crippen molar-refractivity contribution < 1.29 is 22.7 Å². The van der Waals surface area contributed by atoms with Crippen molar-refractivity contribution in [3.63, 3.8) is 0 Å². The van der Waals surface area contributed by atoms with Crippen LogP contribution in [-0.4, -0.2) is 12.6 Å². The highest BCUT2D eigenvalue weighted by Crippen LogP contribution is 2.35. The van der Waals surface area contributed by atoms with Crippen LogP contribution in [0.4, 0.5) is 13.2 Å². The standard InChI is InChI=1S/C11H7BrF3NO2/c1-2-18-10(17)7-3-6(12)4-9(8(7)5-16)11(13,14)15/h3-4H,2H2,1H3. The van der Waals surface area contributed by atoms with Crippen LogP contribution >= 0.6 is 15.9 Å². The van der Waals surface area contributed by atoms with Crippen LogP contribution in [0.5, 0.6) is 0 Å². The van der Waals surface area contributed by atoms with E-state index < -0.39 is 28.8 Å². The van der Waals surface area contributed by atoms with E-state index in [1.807, 2.05) is 0 Å². The van der Waals surface area contributed by atoms with E-state index >= 15 is 0 Å². The third kappa shape index (κ3) is 3.01. The van der Waals surface area contributed by atoms with Gasteiger partial charge in [0, 0.05) is 4.47 Å². The summed E-state index contributed by atoms with van der Waals surface area (Å²) in [6, 6.07) is 3.28. The predicted molar refractivity (Wildman–Crippen MR) is 59.8 cm³/mol. The Morgan fingerprint density at radius 1 is 1.50 bits per heavy atom. The van der Waals surface area contributed by atoms with E-state index in [1.54, 1.807) is 0 Å². The molecule has 0 aliphatic carbocycles. The number of hydrogen-bond acceptors (Lipinski definition) is 3. The van der Waals surface area contributed by atoms with Gasteiger partial charge in [-0.15, -0.1) is 0 Å². The Kier molecular flexibility index (Phi) is 4.35. The number of nitrogens with zero attached hydrogens (tertiary/aromatic N) is 1. The Bertz CT molecular complexity index is 520. The molecule has 0 amide bonds.